The molecule has 0 fully saturated rings. The van der Waals surface area contributed by atoms with Gasteiger partial charge in [0.1, 0.15) is 28.9 Å². The van der Waals surface area contributed by atoms with Crippen LogP contribution in [0.15, 0.2) is 47.4 Å². The Kier molecular flexibility index (Phi) is 4.01. The van der Waals surface area contributed by atoms with Gasteiger partial charge in [0.2, 0.25) is 10.0 Å². The minimum atomic E-state index is -4.09. The molecular weight excluding hydrogens is 288 g/mol. The monoisotopic (exact) mass is 299 g/mol. The molecule has 0 saturated carbocycles. The number of nitrogens with two attached hydrogens (primary N) is 1. The van der Waals surface area contributed by atoms with E-state index in [1.54, 1.807) is 0 Å². The number of ether oxygens (including phenoxy) is 1. The Morgan fingerprint density at radius 1 is 1.00 bits per heavy atom. The lowest BCUT2D eigenvalue weighted by Crippen LogP contribution is -2.14. The lowest BCUT2D eigenvalue weighted by molar-refractivity contribution is 0.297. The first kappa shape index (κ1) is 14.4. The number of rotatable bonds is 4. The van der Waals surface area contributed by atoms with E-state index in [2.05, 4.69) is 0 Å². The van der Waals surface area contributed by atoms with Crippen molar-refractivity contribution in [3.63, 3.8) is 0 Å². The Morgan fingerprint density at radius 3 is 2.20 bits per heavy atom. The quantitative estimate of drug-likeness (QED) is 0.941. The molecule has 0 saturated heterocycles. The summed E-state index contributed by atoms with van der Waals surface area (Å²) < 4.78 is 53.8. The fourth-order valence-electron chi connectivity index (χ4n) is 1.57. The number of primary sulfonamides is 1. The molecule has 0 aromatic heterocycles. The average Bonchev–Trinajstić information content (AvgIpc) is 2.38. The minimum Gasteiger partial charge on any atom is -0.487 e. The van der Waals surface area contributed by atoms with Gasteiger partial charge in [-0.05, 0) is 35.9 Å². The standard InChI is InChI=1S/C13H11F2NO3S/c14-10-3-1-9(2-4-10)8-19-12-6-5-11(15)7-13(12)20(16,17)18/h1-7H,8H2,(H2,16,17,18). The SMILES string of the molecule is NS(=O)(=O)c1cc(F)ccc1OCc1ccc(F)cc1. The van der Waals surface area contributed by atoms with E-state index in [9.17, 15) is 17.2 Å². The van der Waals surface area contributed by atoms with Crippen LogP contribution in [0.1, 0.15) is 5.56 Å². The molecule has 0 atom stereocenters. The Balaban J connectivity index is 2.23. The molecule has 7 heteroatoms. The van der Waals surface area contributed by atoms with Crippen LogP contribution in [-0.4, -0.2) is 8.42 Å². The summed E-state index contributed by atoms with van der Waals surface area (Å²) in [5.74, 6) is -1.18. The maximum atomic E-state index is 13.1. The molecule has 2 N–H and O–H groups in total. The van der Waals surface area contributed by atoms with Crippen LogP contribution < -0.4 is 9.88 Å². The summed E-state index contributed by atoms with van der Waals surface area (Å²) in [6, 6.07) is 8.53. The third-order valence-electron chi connectivity index (χ3n) is 2.52. The van der Waals surface area contributed by atoms with Crippen molar-refractivity contribution in [1.29, 1.82) is 0 Å². The second kappa shape index (κ2) is 5.56. The van der Waals surface area contributed by atoms with E-state index >= 15 is 0 Å². The summed E-state index contributed by atoms with van der Waals surface area (Å²) in [6.07, 6.45) is 0. The predicted molar refractivity (Wildman–Crippen MR) is 68.5 cm³/mol. The number of hydrogen-bond acceptors (Lipinski definition) is 3. The van der Waals surface area contributed by atoms with E-state index in [-0.39, 0.29) is 18.2 Å². The molecule has 0 aliphatic heterocycles. The van der Waals surface area contributed by atoms with E-state index in [4.69, 9.17) is 9.88 Å². The lowest BCUT2D eigenvalue weighted by Gasteiger charge is -2.10. The lowest BCUT2D eigenvalue weighted by atomic mass is 10.2. The fourth-order valence-corrected chi connectivity index (χ4v) is 2.25. The van der Waals surface area contributed by atoms with Gasteiger partial charge >= 0.3 is 0 Å². The van der Waals surface area contributed by atoms with Crippen LogP contribution in [0, 0.1) is 11.6 Å². The molecule has 0 aliphatic rings. The third-order valence-corrected chi connectivity index (χ3v) is 3.45. The number of hydrogen-bond donors (Lipinski definition) is 1. The molecule has 0 radical (unpaired) electrons. The van der Waals surface area contributed by atoms with Gasteiger partial charge < -0.3 is 4.74 Å². The van der Waals surface area contributed by atoms with Crippen LogP contribution in [-0.2, 0) is 16.6 Å². The fraction of sp³-hybridized carbons (Fsp3) is 0.0769. The van der Waals surface area contributed by atoms with Crippen molar-refractivity contribution >= 4 is 10.0 Å². The minimum absolute atomic E-state index is 0.00837. The van der Waals surface area contributed by atoms with Crippen molar-refractivity contribution in [2.75, 3.05) is 0 Å². The van der Waals surface area contributed by atoms with Gasteiger partial charge in [-0.3, -0.25) is 0 Å². The summed E-state index contributed by atoms with van der Waals surface area (Å²) in [5.41, 5.74) is 0.635. The van der Waals surface area contributed by atoms with E-state index in [0.29, 0.717) is 5.56 Å². The van der Waals surface area contributed by atoms with E-state index in [0.717, 1.165) is 12.1 Å². The summed E-state index contributed by atoms with van der Waals surface area (Å²) in [6.45, 7) is 0.00837. The van der Waals surface area contributed by atoms with Crippen LogP contribution in [0.3, 0.4) is 0 Å². The second-order valence-electron chi connectivity index (χ2n) is 4.05. The summed E-state index contributed by atoms with van der Waals surface area (Å²) in [4.78, 5) is -0.431. The predicted octanol–water partition coefficient (Wildman–Crippen LogP) is 2.19. The van der Waals surface area contributed by atoms with Crippen molar-refractivity contribution in [3.8, 4) is 5.75 Å². The smallest absolute Gasteiger partial charge is 0.241 e. The Morgan fingerprint density at radius 2 is 1.60 bits per heavy atom. The van der Waals surface area contributed by atoms with E-state index < -0.39 is 20.7 Å². The van der Waals surface area contributed by atoms with Crippen LogP contribution in [0.2, 0.25) is 0 Å². The molecule has 2 rings (SSSR count). The van der Waals surface area contributed by atoms with Gasteiger partial charge in [-0.15, -0.1) is 0 Å². The maximum absolute atomic E-state index is 13.1. The highest BCUT2D eigenvalue weighted by atomic mass is 32.2. The average molecular weight is 299 g/mol. The molecule has 2 aromatic rings. The Labute approximate surface area is 114 Å². The molecule has 4 nitrogen and oxygen atoms in total. The molecular formula is C13H11F2NO3S. The molecule has 0 aliphatic carbocycles. The largest absolute Gasteiger partial charge is 0.487 e. The van der Waals surface area contributed by atoms with Crippen LogP contribution >= 0.6 is 0 Å². The van der Waals surface area contributed by atoms with Crippen molar-refractivity contribution in [2.45, 2.75) is 11.5 Å². The molecule has 0 unspecified atom stereocenters. The third kappa shape index (κ3) is 3.52. The molecule has 2 aromatic carbocycles. The highest BCUT2D eigenvalue weighted by Crippen LogP contribution is 2.24. The van der Waals surface area contributed by atoms with Crippen LogP contribution in [0.5, 0.6) is 5.75 Å². The zero-order valence-corrected chi connectivity index (χ0v) is 11.0. The van der Waals surface area contributed by atoms with Gasteiger partial charge in [0.05, 0.1) is 0 Å². The van der Waals surface area contributed by atoms with Crippen molar-refractivity contribution in [1.82, 2.24) is 0 Å². The first-order valence-electron chi connectivity index (χ1n) is 5.56. The Hall–Kier alpha value is -1.99. The number of halogens is 2. The topological polar surface area (TPSA) is 69.4 Å². The highest BCUT2D eigenvalue weighted by Gasteiger charge is 2.16. The molecule has 0 bridgehead atoms. The van der Waals surface area contributed by atoms with Crippen LogP contribution in [0.4, 0.5) is 8.78 Å². The molecule has 0 heterocycles. The molecule has 0 spiro atoms. The van der Waals surface area contributed by atoms with E-state index in [1.165, 1.54) is 30.3 Å². The molecule has 0 amide bonds. The first-order valence-corrected chi connectivity index (χ1v) is 7.10. The molecule has 20 heavy (non-hydrogen) atoms. The zero-order valence-electron chi connectivity index (χ0n) is 10.2. The van der Waals surface area contributed by atoms with Gasteiger partial charge in [-0.25, -0.2) is 22.3 Å². The zero-order chi connectivity index (χ0) is 14.8. The number of benzene rings is 2. The van der Waals surface area contributed by atoms with Crippen LogP contribution in [0.25, 0.3) is 0 Å². The number of sulfonamides is 1. The Bertz CT molecular complexity index is 715. The van der Waals surface area contributed by atoms with Gasteiger partial charge in [0, 0.05) is 0 Å². The van der Waals surface area contributed by atoms with Crippen molar-refractivity contribution < 1.29 is 21.9 Å². The van der Waals surface area contributed by atoms with Gasteiger partial charge in [-0.1, -0.05) is 12.1 Å². The summed E-state index contributed by atoms with van der Waals surface area (Å²) in [5, 5.41) is 4.99. The molecule has 106 valence electrons. The van der Waals surface area contributed by atoms with Crippen molar-refractivity contribution in [3.05, 3.63) is 59.7 Å². The summed E-state index contributed by atoms with van der Waals surface area (Å²) >= 11 is 0. The van der Waals surface area contributed by atoms with Gasteiger partial charge in [0.15, 0.2) is 0 Å². The maximum Gasteiger partial charge on any atom is 0.241 e. The van der Waals surface area contributed by atoms with Gasteiger partial charge in [-0.2, -0.15) is 0 Å². The normalized spacial score (nSPS) is 11.3. The van der Waals surface area contributed by atoms with Crippen molar-refractivity contribution in [2.24, 2.45) is 5.14 Å². The highest BCUT2D eigenvalue weighted by molar-refractivity contribution is 7.89. The van der Waals surface area contributed by atoms with Gasteiger partial charge in [0.25, 0.3) is 0 Å². The summed E-state index contributed by atoms with van der Waals surface area (Å²) in [7, 11) is -4.09. The van der Waals surface area contributed by atoms with E-state index in [1.807, 2.05) is 0 Å². The first-order chi connectivity index (χ1) is 9.36. The second-order valence-corrected chi connectivity index (χ2v) is 5.58.